The van der Waals surface area contributed by atoms with E-state index in [1.807, 2.05) is 0 Å². The second-order valence-corrected chi connectivity index (χ2v) is 7.61. The molecule has 1 aromatic rings. The van der Waals surface area contributed by atoms with Gasteiger partial charge in [0, 0.05) is 6.42 Å². The number of benzene rings is 1. The predicted molar refractivity (Wildman–Crippen MR) is 105 cm³/mol. The van der Waals surface area contributed by atoms with E-state index in [2.05, 4.69) is 38.1 Å². The van der Waals surface area contributed by atoms with E-state index in [1.54, 1.807) is 0 Å². The fraction of sp³-hybridized carbons (Fsp3) is 0.696. The Bertz CT molecular complexity index is 491. The topological polar surface area (TPSA) is 26.3 Å². The van der Waals surface area contributed by atoms with Crippen molar-refractivity contribution in [3.63, 3.8) is 0 Å². The first-order valence-electron chi connectivity index (χ1n) is 10.5. The van der Waals surface area contributed by atoms with Gasteiger partial charge in [-0.3, -0.25) is 4.79 Å². The SMILES string of the molecule is CCCCCCCCc1ccc(C2CC(CCCCC)C(=O)O2)cc1. The summed E-state index contributed by atoms with van der Waals surface area (Å²) < 4.78 is 5.63. The number of aryl methyl sites for hydroxylation is 1. The monoisotopic (exact) mass is 344 g/mol. The molecule has 1 saturated heterocycles. The van der Waals surface area contributed by atoms with Crippen LogP contribution in [0.5, 0.6) is 0 Å². The number of esters is 1. The Morgan fingerprint density at radius 3 is 2.24 bits per heavy atom. The Hall–Kier alpha value is -1.31. The summed E-state index contributed by atoms with van der Waals surface area (Å²) in [5, 5.41) is 0. The second kappa shape index (κ2) is 11.3. The molecule has 0 amide bonds. The highest BCUT2D eigenvalue weighted by Crippen LogP contribution is 2.36. The van der Waals surface area contributed by atoms with Crippen LogP contribution in [0.2, 0.25) is 0 Å². The van der Waals surface area contributed by atoms with Gasteiger partial charge in [-0.15, -0.1) is 0 Å². The van der Waals surface area contributed by atoms with Crippen LogP contribution in [0.3, 0.4) is 0 Å². The van der Waals surface area contributed by atoms with Crippen molar-refractivity contribution in [2.24, 2.45) is 5.92 Å². The van der Waals surface area contributed by atoms with Crippen molar-refractivity contribution in [1.29, 1.82) is 0 Å². The lowest BCUT2D eigenvalue weighted by Crippen LogP contribution is -2.06. The minimum Gasteiger partial charge on any atom is -0.457 e. The molecule has 1 heterocycles. The Morgan fingerprint density at radius 2 is 1.52 bits per heavy atom. The average Bonchev–Trinajstić information content (AvgIpc) is 3.00. The van der Waals surface area contributed by atoms with Gasteiger partial charge in [-0.05, 0) is 30.4 Å². The van der Waals surface area contributed by atoms with Crippen LogP contribution in [0.15, 0.2) is 24.3 Å². The molecule has 0 aromatic heterocycles. The van der Waals surface area contributed by atoms with Gasteiger partial charge < -0.3 is 4.74 Å². The highest BCUT2D eigenvalue weighted by Gasteiger charge is 2.34. The summed E-state index contributed by atoms with van der Waals surface area (Å²) in [6.07, 6.45) is 14.6. The van der Waals surface area contributed by atoms with Crippen molar-refractivity contribution in [1.82, 2.24) is 0 Å². The van der Waals surface area contributed by atoms with Crippen molar-refractivity contribution in [3.8, 4) is 0 Å². The molecule has 2 unspecified atom stereocenters. The Kier molecular flexibility index (Phi) is 9.07. The van der Waals surface area contributed by atoms with Crippen LogP contribution in [0.25, 0.3) is 0 Å². The molecular weight excluding hydrogens is 308 g/mol. The van der Waals surface area contributed by atoms with Gasteiger partial charge in [0.1, 0.15) is 6.10 Å². The Morgan fingerprint density at radius 1 is 0.880 bits per heavy atom. The molecule has 1 aliphatic heterocycles. The lowest BCUT2D eigenvalue weighted by atomic mass is 9.94. The van der Waals surface area contributed by atoms with E-state index in [4.69, 9.17) is 4.74 Å². The van der Waals surface area contributed by atoms with E-state index in [9.17, 15) is 4.79 Å². The number of hydrogen-bond donors (Lipinski definition) is 0. The maximum Gasteiger partial charge on any atom is 0.309 e. The number of rotatable bonds is 12. The summed E-state index contributed by atoms with van der Waals surface area (Å²) in [5.74, 6) is 0.122. The molecule has 2 atom stereocenters. The largest absolute Gasteiger partial charge is 0.457 e. The van der Waals surface area contributed by atoms with Crippen LogP contribution in [-0.2, 0) is 16.0 Å². The molecule has 0 N–H and O–H groups in total. The zero-order valence-electron chi connectivity index (χ0n) is 16.3. The predicted octanol–water partition coefficient (Wildman–Crippen LogP) is 6.77. The molecule has 0 spiro atoms. The third-order valence-electron chi connectivity index (χ3n) is 5.42. The standard InChI is InChI=1S/C23H36O2/c1-3-5-7-8-9-11-12-19-14-16-20(17-15-19)22-18-21(23(24)25-22)13-10-6-4-2/h14-17,21-22H,3-13,18H2,1-2H3. The number of cyclic esters (lactones) is 1. The molecule has 25 heavy (non-hydrogen) atoms. The summed E-state index contributed by atoms with van der Waals surface area (Å²) in [4.78, 5) is 12.0. The summed E-state index contributed by atoms with van der Waals surface area (Å²) in [5.41, 5.74) is 2.57. The molecule has 140 valence electrons. The minimum absolute atomic E-state index is 0.0114. The van der Waals surface area contributed by atoms with Crippen LogP contribution in [0.1, 0.15) is 102 Å². The number of hydrogen-bond acceptors (Lipinski definition) is 2. The lowest BCUT2D eigenvalue weighted by molar-refractivity contribution is -0.144. The Labute approximate surface area is 154 Å². The van der Waals surface area contributed by atoms with E-state index in [-0.39, 0.29) is 18.0 Å². The highest BCUT2D eigenvalue weighted by molar-refractivity contribution is 5.74. The fourth-order valence-corrected chi connectivity index (χ4v) is 3.73. The van der Waals surface area contributed by atoms with Crippen LogP contribution in [-0.4, -0.2) is 5.97 Å². The van der Waals surface area contributed by atoms with Gasteiger partial charge in [0.2, 0.25) is 0 Å². The molecule has 0 bridgehead atoms. The molecule has 1 aliphatic rings. The molecule has 0 aliphatic carbocycles. The van der Waals surface area contributed by atoms with Crippen molar-refractivity contribution in [2.75, 3.05) is 0 Å². The minimum atomic E-state index is -0.0257. The highest BCUT2D eigenvalue weighted by atomic mass is 16.5. The Balaban J connectivity index is 1.73. The molecule has 2 nitrogen and oxygen atoms in total. The van der Waals surface area contributed by atoms with E-state index in [0.29, 0.717) is 0 Å². The van der Waals surface area contributed by atoms with Crippen LogP contribution >= 0.6 is 0 Å². The molecule has 1 fully saturated rings. The maximum atomic E-state index is 12.0. The van der Waals surface area contributed by atoms with Gasteiger partial charge in [0.15, 0.2) is 0 Å². The number of ether oxygens (including phenoxy) is 1. The van der Waals surface area contributed by atoms with Crippen molar-refractivity contribution >= 4 is 5.97 Å². The molecule has 1 aromatic carbocycles. The van der Waals surface area contributed by atoms with Gasteiger partial charge in [-0.25, -0.2) is 0 Å². The quantitative estimate of drug-likeness (QED) is 0.309. The molecular formula is C23H36O2. The first-order valence-corrected chi connectivity index (χ1v) is 10.5. The van der Waals surface area contributed by atoms with Crippen LogP contribution in [0, 0.1) is 5.92 Å². The smallest absolute Gasteiger partial charge is 0.309 e. The summed E-state index contributed by atoms with van der Waals surface area (Å²) in [6.45, 7) is 4.46. The van der Waals surface area contributed by atoms with Crippen molar-refractivity contribution in [3.05, 3.63) is 35.4 Å². The first kappa shape index (κ1) is 20.0. The van der Waals surface area contributed by atoms with E-state index in [1.165, 1.54) is 56.9 Å². The van der Waals surface area contributed by atoms with E-state index in [0.717, 1.165) is 31.2 Å². The van der Waals surface area contributed by atoms with E-state index < -0.39 is 0 Å². The maximum absolute atomic E-state index is 12.0. The second-order valence-electron chi connectivity index (χ2n) is 7.61. The van der Waals surface area contributed by atoms with E-state index >= 15 is 0 Å². The average molecular weight is 345 g/mol. The fourth-order valence-electron chi connectivity index (χ4n) is 3.73. The number of carbonyl (C=O) groups is 1. The third-order valence-corrected chi connectivity index (χ3v) is 5.42. The lowest BCUT2D eigenvalue weighted by Gasteiger charge is -2.10. The normalized spacial score (nSPS) is 20.0. The van der Waals surface area contributed by atoms with Gasteiger partial charge in [0.25, 0.3) is 0 Å². The molecule has 2 heteroatoms. The third kappa shape index (κ3) is 6.84. The zero-order chi connectivity index (χ0) is 17.9. The van der Waals surface area contributed by atoms with Gasteiger partial charge in [-0.1, -0.05) is 89.5 Å². The summed E-state index contributed by atoms with van der Waals surface area (Å²) in [7, 11) is 0. The van der Waals surface area contributed by atoms with Gasteiger partial charge in [0.05, 0.1) is 5.92 Å². The van der Waals surface area contributed by atoms with Gasteiger partial charge >= 0.3 is 5.97 Å². The zero-order valence-corrected chi connectivity index (χ0v) is 16.3. The molecule has 0 saturated carbocycles. The van der Waals surface area contributed by atoms with Crippen LogP contribution in [0.4, 0.5) is 0 Å². The van der Waals surface area contributed by atoms with Crippen LogP contribution < -0.4 is 0 Å². The number of unbranched alkanes of at least 4 members (excludes halogenated alkanes) is 7. The number of carbonyl (C=O) groups excluding carboxylic acids is 1. The summed E-state index contributed by atoms with van der Waals surface area (Å²) in [6, 6.07) is 8.77. The van der Waals surface area contributed by atoms with Crippen molar-refractivity contribution in [2.45, 2.75) is 97.0 Å². The molecule has 0 radical (unpaired) electrons. The summed E-state index contributed by atoms with van der Waals surface area (Å²) >= 11 is 0. The first-order chi connectivity index (χ1) is 12.2. The van der Waals surface area contributed by atoms with Crippen molar-refractivity contribution < 1.29 is 9.53 Å². The van der Waals surface area contributed by atoms with Gasteiger partial charge in [-0.2, -0.15) is 0 Å². The molecule has 2 rings (SSSR count).